The van der Waals surface area contributed by atoms with E-state index in [0.717, 1.165) is 5.56 Å². The van der Waals surface area contributed by atoms with Crippen LogP contribution in [0.1, 0.15) is 5.56 Å². The van der Waals surface area contributed by atoms with Gasteiger partial charge in [-0.15, -0.1) is 0 Å². The maximum absolute atomic E-state index is 12.1. The van der Waals surface area contributed by atoms with Crippen molar-refractivity contribution in [3.8, 4) is 17.4 Å². The summed E-state index contributed by atoms with van der Waals surface area (Å²) >= 11 is 6.21. The van der Waals surface area contributed by atoms with Gasteiger partial charge in [-0.3, -0.25) is 4.79 Å². The molecule has 130 valence electrons. The van der Waals surface area contributed by atoms with Gasteiger partial charge in [0.15, 0.2) is 5.82 Å². The first-order valence-corrected chi connectivity index (χ1v) is 8.01. The van der Waals surface area contributed by atoms with E-state index in [9.17, 15) is 9.90 Å². The third kappa shape index (κ3) is 4.58. The van der Waals surface area contributed by atoms with Crippen molar-refractivity contribution in [2.45, 2.75) is 0 Å². The monoisotopic (exact) mass is 367 g/mol. The van der Waals surface area contributed by atoms with Gasteiger partial charge in [0, 0.05) is 6.08 Å². The number of aromatic nitrogens is 2. The summed E-state index contributed by atoms with van der Waals surface area (Å²) in [5.41, 5.74) is 0.896. The molecule has 3 rings (SSSR count). The smallest absolute Gasteiger partial charge is 0.249 e. The maximum Gasteiger partial charge on any atom is 0.249 e. The lowest BCUT2D eigenvalue weighted by molar-refractivity contribution is -0.111. The standard InChI is InChI=1S/C19H14ClN3O3/c20-17-18(23-16(25)11-6-13-4-2-1-3-5-13)21-12-22-19(17)26-15-9-7-14(24)8-10-15/h1-12,24H,(H,21,22,23,25). The van der Waals surface area contributed by atoms with Gasteiger partial charge in [-0.1, -0.05) is 41.9 Å². The highest BCUT2D eigenvalue weighted by atomic mass is 35.5. The molecular weight excluding hydrogens is 354 g/mol. The number of hydrogen-bond donors (Lipinski definition) is 2. The molecule has 6 nitrogen and oxygen atoms in total. The molecule has 3 aromatic rings. The van der Waals surface area contributed by atoms with E-state index >= 15 is 0 Å². The molecule has 2 N–H and O–H groups in total. The number of hydrogen-bond acceptors (Lipinski definition) is 5. The number of ether oxygens (including phenoxy) is 1. The molecule has 0 aliphatic rings. The molecule has 0 aliphatic carbocycles. The predicted molar refractivity (Wildman–Crippen MR) is 99.3 cm³/mol. The second-order valence-corrected chi connectivity index (χ2v) is 5.55. The Kier molecular flexibility index (Phi) is 5.46. The van der Waals surface area contributed by atoms with Crippen LogP contribution in [-0.4, -0.2) is 21.0 Å². The number of phenolic OH excluding ortho intramolecular Hbond substituents is 1. The molecule has 0 aliphatic heterocycles. The van der Waals surface area contributed by atoms with Gasteiger partial charge in [0.1, 0.15) is 22.8 Å². The number of benzene rings is 2. The number of carbonyl (C=O) groups is 1. The molecule has 2 aromatic carbocycles. The lowest BCUT2D eigenvalue weighted by Gasteiger charge is -2.09. The van der Waals surface area contributed by atoms with Gasteiger partial charge in [0.25, 0.3) is 0 Å². The molecule has 0 saturated carbocycles. The van der Waals surface area contributed by atoms with Gasteiger partial charge >= 0.3 is 0 Å². The van der Waals surface area contributed by atoms with E-state index < -0.39 is 0 Å². The molecule has 0 bridgehead atoms. The third-order valence-electron chi connectivity index (χ3n) is 3.28. The molecule has 0 radical (unpaired) electrons. The Balaban J connectivity index is 1.71. The van der Waals surface area contributed by atoms with Gasteiger partial charge in [0.2, 0.25) is 11.8 Å². The number of rotatable bonds is 5. The van der Waals surface area contributed by atoms with Crippen LogP contribution < -0.4 is 10.1 Å². The van der Waals surface area contributed by atoms with Crippen molar-refractivity contribution >= 4 is 29.4 Å². The van der Waals surface area contributed by atoms with Gasteiger partial charge < -0.3 is 15.2 Å². The number of nitrogens with one attached hydrogen (secondary N) is 1. The summed E-state index contributed by atoms with van der Waals surface area (Å²) in [6, 6.07) is 15.5. The fourth-order valence-corrected chi connectivity index (χ4v) is 2.22. The van der Waals surface area contributed by atoms with E-state index in [1.54, 1.807) is 18.2 Å². The van der Waals surface area contributed by atoms with Gasteiger partial charge in [-0.05, 0) is 35.9 Å². The van der Waals surface area contributed by atoms with Crippen molar-refractivity contribution in [1.82, 2.24) is 9.97 Å². The maximum atomic E-state index is 12.1. The minimum absolute atomic E-state index is 0.0713. The molecule has 1 amide bonds. The first-order valence-electron chi connectivity index (χ1n) is 7.63. The summed E-state index contributed by atoms with van der Waals surface area (Å²) in [4.78, 5) is 20.0. The minimum atomic E-state index is -0.384. The number of halogens is 1. The van der Waals surface area contributed by atoms with Crippen molar-refractivity contribution in [2.75, 3.05) is 5.32 Å². The number of aromatic hydroxyl groups is 1. The molecule has 0 atom stereocenters. The van der Waals surface area contributed by atoms with E-state index in [2.05, 4.69) is 15.3 Å². The molecule has 0 unspecified atom stereocenters. The minimum Gasteiger partial charge on any atom is -0.508 e. The van der Waals surface area contributed by atoms with Crippen LogP contribution in [0.15, 0.2) is 67.0 Å². The zero-order valence-electron chi connectivity index (χ0n) is 13.5. The number of anilines is 1. The van der Waals surface area contributed by atoms with Gasteiger partial charge in [-0.2, -0.15) is 4.98 Å². The average Bonchev–Trinajstić information content (AvgIpc) is 2.66. The van der Waals surface area contributed by atoms with Gasteiger partial charge in [0.05, 0.1) is 0 Å². The van der Waals surface area contributed by atoms with E-state index in [1.165, 1.54) is 24.5 Å². The normalized spacial score (nSPS) is 10.7. The lowest BCUT2D eigenvalue weighted by Crippen LogP contribution is -2.10. The summed E-state index contributed by atoms with van der Waals surface area (Å²) in [6.07, 6.45) is 4.30. The molecule has 1 heterocycles. The highest BCUT2D eigenvalue weighted by molar-refractivity contribution is 6.34. The molecule has 0 saturated heterocycles. The van der Waals surface area contributed by atoms with Crippen LogP contribution >= 0.6 is 11.6 Å². The quantitative estimate of drug-likeness (QED) is 0.657. The molecule has 7 heteroatoms. The first kappa shape index (κ1) is 17.4. The highest BCUT2D eigenvalue weighted by Gasteiger charge is 2.13. The summed E-state index contributed by atoms with van der Waals surface area (Å²) in [5, 5.41) is 12.0. The molecular formula is C19H14ClN3O3. The summed E-state index contributed by atoms with van der Waals surface area (Å²) in [6.45, 7) is 0. The Morgan fingerprint density at radius 2 is 1.81 bits per heavy atom. The van der Waals surface area contributed by atoms with Crippen LogP contribution in [0.2, 0.25) is 5.02 Å². The van der Waals surface area contributed by atoms with E-state index in [4.69, 9.17) is 16.3 Å². The second-order valence-electron chi connectivity index (χ2n) is 5.17. The molecule has 0 fully saturated rings. The number of carbonyl (C=O) groups excluding carboxylic acids is 1. The van der Waals surface area contributed by atoms with Crippen molar-refractivity contribution in [1.29, 1.82) is 0 Å². The summed E-state index contributed by atoms with van der Waals surface area (Å²) < 4.78 is 5.55. The van der Waals surface area contributed by atoms with E-state index in [-0.39, 0.29) is 28.4 Å². The van der Waals surface area contributed by atoms with Crippen LogP contribution in [0.3, 0.4) is 0 Å². The Labute approximate surface area is 154 Å². The zero-order chi connectivity index (χ0) is 18.4. The lowest BCUT2D eigenvalue weighted by atomic mass is 10.2. The van der Waals surface area contributed by atoms with Crippen LogP contribution in [-0.2, 0) is 4.79 Å². The topological polar surface area (TPSA) is 84.3 Å². The van der Waals surface area contributed by atoms with Crippen molar-refractivity contribution in [3.63, 3.8) is 0 Å². The summed E-state index contributed by atoms with van der Waals surface area (Å²) in [7, 11) is 0. The van der Waals surface area contributed by atoms with Crippen LogP contribution in [0.5, 0.6) is 17.4 Å². The fraction of sp³-hybridized carbons (Fsp3) is 0. The summed E-state index contributed by atoms with van der Waals surface area (Å²) in [5.74, 6) is 0.395. The molecule has 1 aromatic heterocycles. The Morgan fingerprint density at radius 1 is 1.08 bits per heavy atom. The van der Waals surface area contributed by atoms with Crippen molar-refractivity contribution in [2.24, 2.45) is 0 Å². The van der Waals surface area contributed by atoms with Crippen molar-refractivity contribution < 1.29 is 14.6 Å². The molecule has 0 spiro atoms. The number of amides is 1. The van der Waals surface area contributed by atoms with Crippen molar-refractivity contribution in [3.05, 3.63) is 77.6 Å². The second kappa shape index (κ2) is 8.13. The first-order chi connectivity index (χ1) is 12.6. The zero-order valence-corrected chi connectivity index (χ0v) is 14.2. The van der Waals surface area contributed by atoms with E-state index in [1.807, 2.05) is 30.3 Å². The molecule has 26 heavy (non-hydrogen) atoms. The predicted octanol–water partition coefficient (Wildman–Crippen LogP) is 4.28. The third-order valence-corrected chi connectivity index (χ3v) is 3.62. The van der Waals surface area contributed by atoms with Crippen LogP contribution in [0.4, 0.5) is 5.82 Å². The van der Waals surface area contributed by atoms with Crippen LogP contribution in [0.25, 0.3) is 6.08 Å². The number of nitrogens with zero attached hydrogens (tertiary/aromatic N) is 2. The average molecular weight is 368 g/mol. The Morgan fingerprint density at radius 3 is 2.54 bits per heavy atom. The Bertz CT molecular complexity index is 929. The fourth-order valence-electron chi connectivity index (χ4n) is 2.03. The number of phenols is 1. The van der Waals surface area contributed by atoms with Gasteiger partial charge in [-0.25, -0.2) is 4.98 Å². The van der Waals surface area contributed by atoms with Crippen LogP contribution in [0, 0.1) is 0 Å². The SMILES string of the molecule is O=C(C=Cc1ccccc1)Nc1ncnc(Oc2ccc(O)cc2)c1Cl. The van der Waals surface area contributed by atoms with E-state index in [0.29, 0.717) is 5.75 Å². The largest absolute Gasteiger partial charge is 0.508 e. The highest BCUT2D eigenvalue weighted by Crippen LogP contribution is 2.31. The Hall–Kier alpha value is -3.38.